The first-order valence-electron chi connectivity index (χ1n) is 3.58. The molecule has 13 heavy (non-hydrogen) atoms. The lowest BCUT2D eigenvalue weighted by molar-refractivity contribution is 1.36. The number of pyridine rings is 1. The molecule has 0 aliphatic rings. The van der Waals surface area contributed by atoms with Crippen LogP contribution in [0.5, 0.6) is 0 Å². The van der Waals surface area contributed by atoms with Crippen LogP contribution in [0.3, 0.4) is 0 Å². The van der Waals surface area contributed by atoms with Gasteiger partial charge in [-0.05, 0) is 6.07 Å². The number of benzene rings is 1. The van der Waals surface area contributed by atoms with Crippen LogP contribution >= 0.6 is 39.1 Å². The maximum absolute atomic E-state index is 5.96. The Morgan fingerprint density at radius 1 is 1.23 bits per heavy atom. The molecule has 0 unspecified atom stereocenters. The van der Waals surface area contributed by atoms with Crippen molar-refractivity contribution in [2.24, 2.45) is 0 Å². The van der Waals surface area contributed by atoms with E-state index < -0.39 is 0 Å². The van der Waals surface area contributed by atoms with Crippen molar-refractivity contribution in [3.05, 3.63) is 39.0 Å². The maximum atomic E-state index is 5.96. The number of fused-ring (bicyclic) bond motifs is 1. The van der Waals surface area contributed by atoms with Gasteiger partial charge in [-0.15, -0.1) is 0 Å². The Hall–Kier alpha value is -0.310. The van der Waals surface area contributed by atoms with E-state index in [-0.39, 0.29) is 0 Å². The topological polar surface area (TPSA) is 12.9 Å². The van der Waals surface area contributed by atoms with E-state index in [1.165, 1.54) is 0 Å². The minimum atomic E-state index is 0.465. The second-order valence-corrected chi connectivity index (χ2v) is 4.18. The highest BCUT2D eigenvalue weighted by Crippen LogP contribution is 2.32. The number of hydrogen-bond acceptors (Lipinski definition) is 1. The van der Waals surface area contributed by atoms with Crippen molar-refractivity contribution in [3.63, 3.8) is 0 Å². The van der Waals surface area contributed by atoms with E-state index in [4.69, 9.17) is 23.2 Å². The van der Waals surface area contributed by atoms with Gasteiger partial charge in [-0.25, -0.2) is 4.98 Å². The van der Waals surface area contributed by atoms with Gasteiger partial charge in [0.15, 0.2) is 0 Å². The van der Waals surface area contributed by atoms with E-state index in [0.717, 1.165) is 15.2 Å². The highest BCUT2D eigenvalue weighted by molar-refractivity contribution is 9.10. The molecule has 0 radical (unpaired) electrons. The van der Waals surface area contributed by atoms with E-state index in [1.807, 2.05) is 18.2 Å². The van der Waals surface area contributed by atoms with Crippen molar-refractivity contribution < 1.29 is 0 Å². The van der Waals surface area contributed by atoms with Gasteiger partial charge in [0.1, 0.15) is 5.15 Å². The van der Waals surface area contributed by atoms with Gasteiger partial charge in [0.2, 0.25) is 0 Å². The molecular weight excluding hydrogens is 273 g/mol. The minimum Gasteiger partial charge on any atom is -0.242 e. The highest BCUT2D eigenvalue weighted by atomic mass is 79.9. The van der Waals surface area contributed by atoms with E-state index in [0.29, 0.717) is 10.2 Å². The van der Waals surface area contributed by atoms with E-state index in [2.05, 4.69) is 20.9 Å². The molecule has 1 aromatic carbocycles. The Labute approximate surface area is 93.8 Å². The number of nitrogens with zero attached hydrogens (tertiary/aromatic N) is 1. The Balaban J connectivity index is 3.00. The second kappa shape index (κ2) is 3.45. The van der Waals surface area contributed by atoms with Crippen LogP contribution in [0.1, 0.15) is 0 Å². The Morgan fingerprint density at radius 2 is 2.00 bits per heavy atom. The number of hydrogen-bond donors (Lipinski definition) is 0. The third-order valence-corrected chi connectivity index (χ3v) is 3.02. The maximum Gasteiger partial charge on any atom is 0.138 e. The molecule has 66 valence electrons. The summed E-state index contributed by atoms with van der Waals surface area (Å²) in [5.41, 5.74) is 0. The summed E-state index contributed by atoms with van der Waals surface area (Å²) in [5.74, 6) is 0. The van der Waals surface area contributed by atoms with E-state index in [1.54, 1.807) is 6.20 Å². The molecule has 0 N–H and O–H groups in total. The van der Waals surface area contributed by atoms with E-state index >= 15 is 0 Å². The first kappa shape index (κ1) is 9.25. The molecule has 0 spiro atoms. The summed E-state index contributed by atoms with van der Waals surface area (Å²) in [6.07, 6.45) is 1.55. The molecule has 1 nitrogen and oxygen atoms in total. The number of halogens is 3. The van der Waals surface area contributed by atoms with Gasteiger partial charge in [-0.1, -0.05) is 51.3 Å². The number of rotatable bonds is 0. The lowest BCUT2D eigenvalue weighted by atomic mass is 10.2. The normalized spacial score (nSPS) is 10.7. The van der Waals surface area contributed by atoms with Gasteiger partial charge in [-0.2, -0.15) is 0 Å². The van der Waals surface area contributed by atoms with Gasteiger partial charge in [-0.3, -0.25) is 0 Å². The predicted molar refractivity (Wildman–Crippen MR) is 59.5 cm³/mol. The van der Waals surface area contributed by atoms with Crippen LogP contribution in [0, 0.1) is 0 Å². The lowest BCUT2D eigenvalue weighted by Crippen LogP contribution is -1.81. The Kier molecular flexibility index (Phi) is 2.45. The Bertz CT molecular complexity index is 462. The van der Waals surface area contributed by atoms with Crippen LogP contribution in [0.15, 0.2) is 28.9 Å². The van der Waals surface area contributed by atoms with Crippen molar-refractivity contribution in [3.8, 4) is 0 Å². The van der Waals surface area contributed by atoms with Crippen LogP contribution in [0.25, 0.3) is 10.8 Å². The summed E-state index contributed by atoms with van der Waals surface area (Å²) in [5, 5.41) is 2.85. The fraction of sp³-hybridized carbons (Fsp3) is 0. The third-order valence-electron chi connectivity index (χ3n) is 1.77. The SMILES string of the molecule is Clc1cnc(Cl)c2c(Br)cccc12. The molecule has 0 saturated heterocycles. The zero-order valence-corrected chi connectivity index (χ0v) is 9.49. The molecule has 1 heterocycles. The monoisotopic (exact) mass is 275 g/mol. The van der Waals surface area contributed by atoms with Crippen LogP contribution < -0.4 is 0 Å². The molecule has 2 aromatic rings. The molecule has 0 aliphatic heterocycles. The molecule has 0 fully saturated rings. The molecule has 0 bridgehead atoms. The summed E-state index contributed by atoms with van der Waals surface area (Å²) >= 11 is 15.3. The van der Waals surface area contributed by atoms with Crippen molar-refractivity contribution in [1.82, 2.24) is 4.98 Å². The van der Waals surface area contributed by atoms with Crippen LogP contribution in [-0.2, 0) is 0 Å². The Morgan fingerprint density at radius 3 is 2.69 bits per heavy atom. The van der Waals surface area contributed by atoms with E-state index in [9.17, 15) is 0 Å². The minimum absolute atomic E-state index is 0.465. The van der Waals surface area contributed by atoms with Crippen LogP contribution in [0.4, 0.5) is 0 Å². The molecule has 0 aliphatic carbocycles. The third kappa shape index (κ3) is 1.54. The van der Waals surface area contributed by atoms with Gasteiger partial charge < -0.3 is 0 Å². The summed E-state index contributed by atoms with van der Waals surface area (Å²) in [7, 11) is 0. The second-order valence-electron chi connectivity index (χ2n) is 2.56. The molecule has 0 amide bonds. The average molecular weight is 277 g/mol. The zero-order chi connectivity index (χ0) is 9.42. The van der Waals surface area contributed by atoms with Gasteiger partial charge in [0, 0.05) is 21.4 Å². The standard InChI is InChI=1S/C9H4BrCl2N/c10-6-3-1-2-5-7(11)4-13-9(12)8(5)6/h1-4H. The molecular formula is C9H4BrCl2N. The van der Waals surface area contributed by atoms with Crippen molar-refractivity contribution in [2.75, 3.05) is 0 Å². The molecule has 0 saturated carbocycles. The summed E-state index contributed by atoms with van der Waals surface area (Å²) in [4.78, 5) is 3.97. The quantitative estimate of drug-likeness (QED) is 0.654. The molecule has 0 atom stereocenters. The summed E-state index contributed by atoms with van der Waals surface area (Å²) < 4.78 is 0.907. The largest absolute Gasteiger partial charge is 0.242 e. The van der Waals surface area contributed by atoms with Crippen molar-refractivity contribution >= 4 is 49.9 Å². The average Bonchev–Trinajstić information content (AvgIpc) is 2.12. The fourth-order valence-corrected chi connectivity index (χ4v) is 2.31. The van der Waals surface area contributed by atoms with Gasteiger partial charge in [0.25, 0.3) is 0 Å². The predicted octanol–water partition coefficient (Wildman–Crippen LogP) is 4.30. The smallest absolute Gasteiger partial charge is 0.138 e. The van der Waals surface area contributed by atoms with Crippen molar-refractivity contribution in [1.29, 1.82) is 0 Å². The highest BCUT2D eigenvalue weighted by Gasteiger charge is 2.06. The lowest BCUT2D eigenvalue weighted by Gasteiger charge is -2.03. The fourth-order valence-electron chi connectivity index (χ4n) is 1.18. The van der Waals surface area contributed by atoms with Gasteiger partial charge in [0.05, 0.1) is 5.02 Å². The molecule has 1 aromatic heterocycles. The summed E-state index contributed by atoms with van der Waals surface area (Å²) in [6.45, 7) is 0. The van der Waals surface area contributed by atoms with Crippen LogP contribution in [0.2, 0.25) is 10.2 Å². The van der Waals surface area contributed by atoms with Crippen molar-refractivity contribution in [2.45, 2.75) is 0 Å². The zero-order valence-electron chi connectivity index (χ0n) is 6.39. The first-order valence-corrected chi connectivity index (χ1v) is 5.13. The molecule has 4 heteroatoms. The first-order chi connectivity index (χ1) is 6.20. The summed E-state index contributed by atoms with van der Waals surface area (Å²) in [6, 6.07) is 5.73. The molecule has 2 rings (SSSR count). The van der Waals surface area contributed by atoms with Crippen LogP contribution in [-0.4, -0.2) is 4.98 Å². The number of aromatic nitrogens is 1. The van der Waals surface area contributed by atoms with Gasteiger partial charge >= 0.3 is 0 Å².